The fourth-order valence-corrected chi connectivity index (χ4v) is 5.29. The van der Waals surface area contributed by atoms with E-state index in [2.05, 4.69) is 16.0 Å². The Bertz CT molecular complexity index is 1440. The van der Waals surface area contributed by atoms with Gasteiger partial charge < -0.3 is 20.9 Å². The average Bonchev–Trinajstić information content (AvgIpc) is 3.48. The van der Waals surface area contributed by atoms with Crippen LogP contribution in [0.2, 0.25) is 0 Å². The van der Waals surface area contributed by atoms with Gasteiger partial charge in [-0.3, -0.25) is 19.2 Å². The number of hydrogen-bond donors (Lipinski definition) is 3. The molecule has 8 heteroatoms. The Hall–Kier alpha value is -4.72. The van der Waals surface area contributed by atoms with Crippen molar-refractivity contribution < 1.29 is 19.2 Å². The van der Waals surface area contributed by atoms with Crippen molar-refractivity contribution in [1.82, 2.24) is 20.9 Å². The van der Waals surface area contributed by atoms with E-state index in [-0.39, 0.29) is 24.4 Å². The standard InChI is InChI=1S/C33H34N4O4/c1-22-14-16-25(17-15-22)20-26-31(39)36-28(21-24-11-6-3-7-12-24)33(41)37-18-8-13-29(37)32(40)35-27(30(38)34-26)19-23-9-4-2-5-10-23/h2-7,9-12,14-17,21,26-27,29H,8,13,18-20H2,1H3,(H,34,38)(H,35,40)(H,36,39)/b28-21-/t26-,27+,29-/m1/s1. The largest absolute Gasteiger partial charge is 0.342 e. The van der Waals surface area contributed by atoms with Crippen LogP contribution in [0.25, 0.3) is 6.08 Å². The van der Waals surface area contributed by atoms with Crippen LogP contribution in [0.5, 0.6) is 0 Å². The third-order valence-electron chi connectivity index (χ3n) is 7.52. The molecule has 3 N–H and O–H groups in total. The van der Waals surface area contributed by atoms with E-state index in [0.29, 0.717) is 19.4 Å². The van der Waals surface area contributed by atoms with E-state index in [9.17, 15) is 19.2 Å². The first-order chi connectivity index (χ1) is 19.9. The second kappa shape index (κ2) is 12.6. The Balaban J connectivity index is 1.52. The number of nitrogens with one attached hydrogen (secondary N) is 3. The molecule has 3 aromatic carbocycles. The van der Waals surface area contributed by atoms with Gasteiger partial charge in [-0.05, 0) is 42.5 Å². The molecule has 3 aromatic rings. The number of nitrogens with zero attached hydrogens (tertiary/aromatic N) is 1. The van der Waals surface area contributed by atoms with Crippen LogP contribution in [0.4, 0.5) is 0 Å². The van der Waals surface area contributed by atoms with Crippen LogP contribution >= 0.6 is 0 Å². The fourth-order valence-electron chi connectivity index (χ4n) is 5.29. The zero-order valence-electron chi connectivity index (χ0n) is 23.0. The number of carbonyl (C=O) groups excluding carboxylic acids is 4. The van der Waals surface area contributed by atoms with Crippen LogP contribution in [-0.2, 0) is 32.0 Å². The van der Waals surface area contributed by atoms with Crippen molar-refractivity contribution in [3.05, 3.63) is 113 Å². The van der Waals surface area contributed by atoms with E-state index >= 15 is 0 Å². The van der Waals surface area contributed by atoms with Crippen LogP contribution in [0, 0.1) is 6.92 Å². The minimum absolute atomic E-state index is 0.0606. The summed E-state index contributed by atoms with van der Waals surface area (Å²) in [4.78, 5) is 56.4. The first kappa shape index (κ1) is 27.8. The number of amides is 4. The molecular formula is C33H34N4O4. The minimum Gasteiger partial charge on any atom is -0.342 e. The summed E-state index contributed by atoms with van der Waals surface area (Å²) in [5.74, 6) is -1.77. The van der Waals surface area contributed by atoms with Crippen LogP contribution in [0.1, 0.15) is 35.1 Å². The van der Waals surface area contributed by atoms with Gasteiger partial charge in [-0.2, -0.15) is 0 Å². The average molecular weight is 551 g/mol. The number of fused-ring (bicyclic) bond motifs is 1. The maximum atomic E-state index is 13.9. The van der Waals surface area contributed by atoms with Gasteiger partial charge in [-0.1, -0.05) is 90.5 Å². The molecule has 2 saturated heterocycles. The lowest BCUT2D eigenvalue weighted by Gasteiger charge is -2.30. The number of rotatable bonds is 5. The van der Waals surface area contributed by atoms with E-state index in [1.54, 1.807) is 6.08 Å². The summed E-state index contributed by atoms with van der Waals surface area (Å²) in [6.45, 7) is 2.35. The SMILES string of the molecule is Cc1ccc(C[C@H]2NC(=O)[C@H](Cc3ccccc3)NC(=O)[C@H]3CCCN3C(=O)/C(=C/c3ccccc3)NC2=O)cc1. The number of aryl methyl sites for hydroxylation is 1. The molecule has 0 spiro atoms. The summed E-state index contributed by atoms with van der Waals surface area (Å²) in [6.07, 6.45) is 3.18. The van der Waals surface area contributed by atoms with Gasteiger partial charge in [0, 0.05) is 19.4 Å². The highest BCUT2D eigenvalue weighted by atomic mass is 16.2. The van der Waals surface area contributed by atoms with Crippen molar-refractivity contribution in [2.75, 3.05) is 6.54 Å². The van der Waals surface area contributed by atoms with Gasteiger partial charge in [0.15, 0.2) is 0 Å². The maximum absolute atomic E-state index is 13.9. The third kappa shape index (κ3) is 6.90. The molecule has 2 aliphatic rings. The van der Waals surface area contributed by atoms with E-state index < -0.39 is 35.8 Å². The quantitative estimate of drug-likeness (QED) is 0.425. The molecule has 2 fully saturated rings. The highest BCUT2D eigenvalue weighted by molar-refractivity contribution is 6.05. The molecule has 0 radical (unpaired) electrons. The molecule has 4 amide bonds. The summed E-state index contributed by atoms with van der Waals surface area (Å²) in [5.41, 5.74) is 3.58. The zero-order valence-corrected chi connectivity index (χ0v) is 23.0. The monoisotopic (exact) mass is 550 g/mol. The van der Waals surface area contributed by atoms with Crippen molar-refractivity contribution in [2.45, 2.75) is 50.7 Å². The minimum atomic E-state index is -0.985. The molecule has 0 aliphatic carbocycles. The maximum Gasteiger partial charge on any atom is 0.271 e. The van der Waals surface area contributed by atoms with Crippen molar-refractivity contribution in [2.24, 2.45) is 0 Å². The van der Waals surface area contributed by atoms with Crippen molar-refractivity contribution in [3.8, 4) is 0 Å². The molecular weight excluding hydrogens is 516 g/mol. The molecule has 41 heavy (non-hydrogen) atoms. The van der Waals surface area contributed by atoms with E-state index in [1.165, 1.54) is 4.90 Å². The molecule has 0 saturated carbocycles. The van der Waals surface area contributed by atoms with Gasteiger partial charge in [0.05, 0.1) is 0 Å². The molecule has 2 heterocycles. The molecule has 210 valence electrons. The van der Waals surface area contributed by atoms with Crippen LogP contribution in [0.3, 0.4) is 0 Å². The third-order valence-corrected chi connectivity index (χ3v) is 7.52. The Morgan fingerprint density at radius 1 is 0.732 bits per heavy atom. The second-order valence-corrected chi connectivity index (χ2v) is 10.6. The normalized spacial score (nSPS) is 22.7. The van der Waals surface area contributed by atoms with Gasteiger partial charge in [0.25, 0.3) is 5.91 Å². The van der Waals surface area contributed by atoms with Gasteiger partial charge in [0.2, 0.25) is 17.7 Å². The lowest BCUT2D eigenvalue weighted by atomic mass is 10.0. The smallest absolute Gasteiger partial charge is 0.271 e. The Morgan fingerprint density at radius 2 is 1.32 bits per heavy atom. The molecule has 8 nitrogen and oxygen atoms in total. The number of carbonyl (C=O) groups is 4. The molecule has 0 unspecified atom stereocenters. The van der Waals surface area contributed by atoms with Gasteiger partial charge >= 0.3 is 0 Å². The highest BCUT2D eigenvalue weighted by Crippen LogP contribution is 2.22. The Labute approximate surface area is 239 Å². The predicted molar refractivity (Wildman–Crippen MR) is 156 cm³/mol. The highest BCUT2D eigenvalue weighted by Gasteiger charge is 2.39. The molecule has 2 aliphatic heterocycles. The summed E-state index contributed by atoms with van der Waals surface area (Å²) < 4.78 is 0. The Kier molecular flexibility index (Phi) is 8.58. The molecule has 0 bridgehead atoms. The fraction of sp³-hybridized carbons (Fsp3) is 0.273. The molecule has 5 rings (SSSR count). The van der Waals surface area contributed by atoms with Gasteiger partial charge in [-0.15, -0.1) is 0 Å². The predicted octanol–water partition coefficient (Wildman–Crippen LogP) is 2.91. The number of hydrogen-bond acceptors (Lipinski definition) is 4. The van der Waals surface area contributed by atoms with Crippen LogP contribution in [-0.4, -0.2) is 53.2 Å². The van der Waals surface area contributed by atoms with Crippen molar-refractivity contribution >= 4 is 29.7 Å². The van der Waals surface area contributed by atoms with E-state index in [1.807, 2.05) is 91.9 Å². The zero-order chi connectivity index (χ0) is 28.8. The summed E-state index contributed by atoms with van der Waals surface area (Å²) in [7, 11) is 0. The lowest BCUT2D eigenvalue weighted by Crippen LogP contribution is -2.59. The number of benzene rings is 3. The summed E-state index contributed by atoms with van der Waals surface area (Å²) in [6, 6.07) is 23.7. The van der Waals surface area contributed by atoms with E-state index in [0.717, 1.165) is 22.3 Å². The second-order valence-electron chi connectivity index (χ2n) is 10.6. The van der Waals surface area contributed by atoms with Crippen LogP contribution < -0.4 is 16.0 Å². The molecule has 0 aromatic heterocycles. The first-order valence-corrected chi connectivity index (χ1v) is 14.0. The Morgan fingerprint density at radius 3 is 2.00 bits per heavy atom. The molecule has 3 atom stereocenters. The first-order valence-electron chi connectivity index (χ1n) is 14.0. The van der Waals surface area contributed by atoms with E-state index in [4.69, 9.17) is 0 Å². The van der Waals surface area contributed by atoms with Gasteiger partial charge in [0.1, 0.15) is 23.8 Å². The van der Waals surface area contributed by atoms with Crippen molar-refractivity contribution in [3.63, 3.8) is 0 Å². The van der Waals surface area contributed by atoms with Gasteiger partial charge in [-0.25, -0.2) is 0 Å². The van der Waals surface area contributed by atoms with Crippen LogP contribution in [0.15, 0.2) is 90.6 Å². The summed E-state index contributed by atoms with van der Waals surface area (Å²) >= 11 is 0. The topological polar surface area (TPSA) is 108 Å². The van der Waals surface area contributed by atoms with Crippen molar-refractivity contribution in [1.29, 1.82) is 0 Å². The summed E-state index contributed by atoms with van der Waals surface area (Å²) in [5, 5.41) is 8.59. The lowest BCUT2D eigenvalue weighted by molar-refractivity contribution is -0.139.